The third kappa shape index (κ3) is 3.72. The van der Waals surface area contributed by atoms with Crippen molar-refractivity contribution in [2.45, 2.75) is 19.0 Å². The van der Waals surface area contributed by atoms with Crippen LogP contribution >= 0.6 is 11.8 Å². The number of ether oxygens (including phenoxy) is 2. The van der Waals surface area contributed by atoms with Crippen molar-refractivity contribution >= 4 is 23.4 Å². The number of rotatable bonds is 5. The van der Waals surface area contributed by atoms with Gasteiger partial charge in [-0.15, -0.1) is 5.10 Å². The highest BCUT2D eigenvalue weighted by molar-refractivity contribution is 7.99. The Kier molecular flexibility index (Phi) is 4.68. The lowest BCUT2D eigenvalue weighted by Crippen LogP contribution is -2.15. The standard InChI is InChI=1S/C18H17N5O3S/c1-11-3-5-14(12(2)7-11)19-17(24)9-27-18-20-21-22-23(18)13-4-6-15-16(8-13)26-10-25-15/h3-8H,9-10H2,1-2H3,(H,19,24). The van der Waals surface area contributed by atoms with Crippen molar-refractivity contribution < 1.29 is 14.3 Å². The van der Waals surface area contributed by atoms with Gasteiger partial charge in [-0.25, -0.2) is 0 Å². The van der Waals surface area contributed by atoms with Crippen molar-refractivity contribution in [3.63, 3.8) is 0 Å². The summed E-state index contributed by atoms with van der Waals surface area (Å²) in [6.07, 6.45) is 0. The van der Waals surface area contributed by atoms with Gasteiger partial charge in [-0.2, -0.15) is 4.68 Å². The van der Waals surface area contributed by atoms with Crippen LogP contribution in [0, 0.1) is 13.8 Å². The number of tetrazole rings is 1. The molecule has 0 saturated carbocycles. The Morgan fingerprint density at radius 1 is 1.19 bits per heavy atom. The van der Waals surface area contributed by atoms with Gasteiger partial charge in [0, 0.05) is 11.8 Å². The second-order valence-electron chi connectivity index (χ2n) is 6.07. The molecule has 27 heavy (non-hydrogen) atoms. The summed E-state index contributed by atoms with van der Waals surface area (Å²) in [6, 6.07) is 11.4. The van der Waals surface area contributed by atoms with Crippen molar-refractivity contribution in [1.82, 2.24) is 20.2 Å². The number of hydrogen-bond acceptors (Lipinski definition) is 7. The molecule has 2 aromatic carbocycles. The highest BCUT2D eigenvalue weighted by Gasteiger charge is 2.17. The van der Waals surface area contributed by atoms with Crippen LogP contribution in [0.15, 0.2) is 41.6 Å². The summed E-state index contributed by atoms with van der Waals surface area (Å²) >= 11 is 1.26. The van der Waals surface area contributed by atoms with E-state index in [4.69, 9.17) is 9.47 Å². The molecule has 3 aromatic rings. The van der Waals surface area contributed by atoms with Gasteiger partial charge >= 0.3 is 0 Å². The molecule has 0 radical (unpaired) electrons. The van der Waals surface area contributed by atoms with Crippen LogP contribution in [0.4, 0.5) is 5.69 Å². The number of nitrogens with one attached hydrogen (secondary N) is 1. The molecule has 0 aliphatic carbocycles. The smallest absolute Gasteiger partial charge is 0.234 e. The van der Waals surface area contributed by atoms with Crippen molar-refractivity contribution in [1.29, 1.82) is 0 Å². The van der Waals surface area contributed by atoms with Crippen LogP contribution in [0.2, 0.25) is 0 Å². The average molecular weight is 383 g/mol. The molecule has 8 nitrogen and oxygen atoms in total. The van der Waals surface area contributed by atoms with E-state index < -0.39 is 0 Å². The lowest BCUT2D eigenvalue weighted by Gasteiger charge is -2.09. The Bertz CT molecular complexity index is 1000. The van der Waals surface area contributed by atoms with Crippen LogP contribution < -0.4 is 14.8 Å². The molecule has 1 aromatic heterocycles. The van der Waals surface area contributed by atoms with E-state index in [-0.39, 0.29) is 18.5 Å². The third-order valence-electron chi connectivity index (χ3n) is 4.03. The zero-order valence-electron chi connectivity index (χ0n) is 14.8. The minimum Gasteiger partial charge on any atom is -0.454 e. The Morgan fingerprint density at radius 2 is 2.04 bits per heavy atom. The predicted molar refractivity (Wildman–Crippen MR) is 101 cm³/mol. The zero-order chi connectivity index (χ0) is 18.8. The number of anilines is 1. The molecule has 0 atom stereocenters. The van der Waals surface area contributed by atoms with E-state index in [1.54, 1.807) is 16.8 Å². The lowest BCUT2D eigenvalue weighted by molar-refractivity contribution is -0.113. The highest BCUT2D eigenvalue weighted by atomic mass is 32.2. The summed E-state index contributed by atoms with van der Waals surface area (Å²) in [6.45, 7) is 4.19. The fourth-order valence-electron chi connectivity index (χ4n) is 2.72. The Labute approximate surface area is 159 Å². The maximum Gasteiger partial charge on any atom is 0.234 e. The fourth-order valence-corrected chi connectivity index (χ4v) is 3.41. The van der Waals surface area contributed by atoms with E-state index in [0.29, 0.717) is 16.7 Å². The van der Waals surface area contributed by atoms with Crippen molar-refractivity contribution in [3.8, 4) is 17.2 Å². The maximum absolute atomic E-state index is 12.3. The van der Waals surface area contributed by atoms with E-state index in [1.807, 2.05) is 38.1 Å². The van der Waals surface area contributed by atoms with E-state index in [1.165, 1.54) is 11.8 Å². The van der Waals surface area contributed by atoms with Crippen molar-refractivity contribution in [2.24, 2.45) is 0 Å². The summed E-state index contributed by atoms with van der Waals surface area (Å²) in [5, 5.41) is 15.2. The van der Waals surface area contributed by atoms with Gasteiger partial charge in [0.05, 0.1) is 11.4 Å². The number of thioether (sulfide) groups is 1. The highest BCUT2D eigenvalue weighted by Crippen LogP contribution is 2.34. The summed E-state index contributed by atoms with van der Waals surface area (Å²) in [4.78, 5) is 12.3. The normalized spacial score (nSPS) is 12.2. The number of amides is 1. The largest absolute Gasteiger partial charge is 0.454 e. The Morgan fingerprint density at radius 3 is 2.89 bits per heavy atom. The van der Waals surface area contributed by atoms with Gasteiger partial charge in [-0.05, 0) is 48.0 Å². The molecule has 4 rings (SSSR count). The summed E-state index contributed by atoms with van der Waals surface area (Å²) in [5.74, 6) is 1.41. The van der Waals surface area contributed by atoms with Crippen LogP contribution in [0.5, 0.6) is 11.5 Å². The van der Waals surface area contributed by atoms with E-state index >= 15 is 0 Å². The van der Waals surface area contributed by atoms with E-state index in [9.17, 15) is 4.79 Å². The molecule has 0 spiro atoms. The van der Waals surface area contributed by atoms with Crippen LogP contribution in [0.1, 0.15) is 11.1 Å². The lowest BCUT2D eigenvalue weighted by atomic mass is 10.1. The zero-order valence-corrected chi connectivity index (χ0v) is 15.6. The van der Waals surface area contributed by atoms with Crippen LogP contribution in [0.3, 0.4) is 0 Å². The second-order valence-corrected chi connectivity index (χ2v) is 7.01. The number of fused-ring (bicyclic) bond motifs is 1. The molecule has 1 N–H and O–H groups in total. The molecular formula is C18H17N5O3S. The molecule has 138 valence electrons. The van der Waals surface area contributed by atoms with Gasteiger partial charge in [-0.1, -0.05) is 29.5 Å². The topological polar surface area (TPSA) is 91.2 Å². The maximum atomic E-state index is 12.3. The van der Waals surface area contributed by atoms with Gasteiger partial charge in [-0.3, -0.25) is 4.79 Å². The predicted octanol–water partition coefficient (Wildman–Crippen LogP) is 2.74. The molecule has 1 amide bonds. The first-order valence-electron chi connectivity index (χ1n) is 8.28. The number of nitrogens with zero attached hydrogens (tertiary/aromatic N) is 4. The molecule has 0 bridgehead atoms. The number of aromatic nitrogens is 4. The fraction of sp³-hybridized carbons (Fsp3) is 0.222. The van der Waals surface area contributed by atoms with Gasteiger partial charge < -0.3 is 14.8 Å². The summed E-state index contributed by atoms with van der Waals surface area (Å²) in [5.41, 5.74) is 3.73. The molecule has 0 saturated heterocycles. The molecule has 0 unspecified atom stereocenters. The van der Waals surface area contributed by atoms with E-state index in [2.05, 4.69) is 20.8 Å². The molecule has 9 heteroatoms. The molecular weight excluding hydrogens is 366 g/mol. The number of carbonyl (C=O) groups excluding carboxylic acids is 1. The molecule has 1 aliphatic heterocycles. The van der Waals surface area contributed by atoms with Crippen molar-refractivity contribution in [3.05, 3.63) is 47.5 Å². The minimum absolute atomic E-state index is 0.118. The Balaban J connectivity index is 1.43. The number of benzene rings is 2. The molecule has 2 heterocycles. The van der Waals surface area contributed by atoms with Gasteiger partial charge in [0.1, 0.15) is 0 Å². The molecule has 1 aliphatic rings. The quantitative estimate of drug-likeness (QED) is 0.677. The Hall–Kier alpha value is -3.07. The van der Waals surface area contributed by atoms with Gasteiger partial charge in [0.15, 0.2) is 11.5 Å². The summed E-state index contributed by atoms with van der Waals surface area (Å²) < 4.78 is 12.3. The van der Waals surface area contributed by atoms with Gasteiger partial charge in [0.25, 0.3) is 0 Å². The summed E-state index contributed by atoms with van der Waals surface area (Å²) in [7, 11) is 0. The van der Waals surface area contributed by atoms with E-state index in [0.717, 1.165) is 22.5 Å². The monoisotopic (exact) mass is 383 g/mol. The average Bonchev–Trinajstić information content (AvgIpc) is 3.30. The number of aryl methyl sites for hydroxylation is 2. The second kappa shape index (κ2) is 7.28. The minimum atomic E-state index is -0.118. The first kappa shape index (κ1) is 17.3. The first-order chi connectivity index (χ1) is 13.1. The van der Waals surface area contributed by atoms with Crippen LogP contribution in [-0.4, -0.2) is 38.7 Å². The SMILES string of the molecule is Cc1ccc(NC(=O)CSc2nnnn2-c2ccc3c(c2)OCO3)c(C)c1. The number of carbonyl (C=O) groups is 1. The third-order valence-corrected chi connectivity index (χ3v) is 4.95. The number of hydrogen-bond donors (Lipinski definition) is 1. The first-order valence-corrected chi connectivity index (χ1v) is 9.27. The van der Waals surface area contributed by atoms with Crippen LogP contribution in [-0.2, 0) is 4.79 Å². The van der Waals surface area contributed by atoms with Crippen LogP contribution in [0.25, 0.3) is 5.69 Å². The van der Waals surface area contributed by atoms with Gasteiger partial charge in [0.2, 0.25) is 17.9 Å². The molecule has 0 fully saturated rings. The van der Waals surface area contributed by atoms with Crippen molar-refractivity contribution in [2.75, 3.05) is 17.9 Å².